The topological polar surface area (TPSA) is 63.7 Å². The number of pyridine rings is 1. The molecule has 6 nitrogen and oxygen atoms in total. The van der Waals surface area contributed by atoms with Crippen molar-refractivity contribution in [1.82, 2.24) is 9.88 Å². The fourth-order valence-electron chi connectivity index (χ4n) is 2.74. The number of amides is 1. The molecule has 1 amide bonds. The number of nitrogens with zero attached hydrogens (tertiary/aromatic N) is 2. The minimum atomic E-state index is -0.187. The molecule has 6 heteroatoms. The molecule has 0 radical (unpaired) electrons. The maximum Gasteiger partial charge on any atom is 0.255 e. The van der Waals surface area contributed by atoms with Crippen LogP contribution in [0.1, 0.15) is 23.2 Å². The summed E-state index contributed by atoms with van der Waals surface area (Å²) in [6.45, 7) is 2.08. The average molecular weight is 341 g/mol. The highest BCUT2D eigenvalue weighted by atomic mass is 16.5. The Labute approximate surface area is 147 Å². The van der Waals surface area contributed by atoms with E-state index in [0.29, 0.717) is 22.9 Å². The van der Waals surface area contributed by atoms with E-state index in [2.05, 4.69) is 22.2 Å². The maximum atomic E-state index is 12.2. The monoisotopic (exact) mass is 341 g/mol. The Morgan fingerprint density at radius 2 is 1.88 bits per heavy atom. The van der Waals surface area contributed by atoms with Crippen LogP contribution in [0, 0.1) is 0 Å². The van der Waals surface area contributed by atoms with Gasteiger partial charge in [-0.25, -0.2) is 4.98 Å². The van der Waals surface area contributed by atoms with E-state index in [1.54, 1.807) is 49.7 Å². The smallest absolute Gasteiger partial charge is 0.255 e. The van der Waals surface area contributed by atoms with Crippen LogP contribution in [0.4, 0.5) is 5.69 Å². The zero-order valence-electron chi connectivity index (χ0n) is 14.6. The van der Waals surface area contributed by atoms with E-state index < -0.39 is 0 Å². The van der Waals surface area contributed by atoms with Crippen LogP contribution in [-0.4, -0.2) is 49.1 Å². The quantitative estimate of drug-likeness (QED) is 0.906. The van der Waals surface area contributed by atoms with Crippen molar-refractivity contribution in [2.45, 2.75) is 18.9 Å². The number of anilines is 1. The molecule has 0 aliphatic carbocycles. The van der Waals surface area contributed by atoms with E-state index in [0.717, 1.165) is 25.9 Å². The van der Waals surface area contributed by atoms with Gasteiger partial charge in [-0.2, -0.15) is 0 Å². The molecule has 1 aromatic heterocycles. The molecular formula is C19H23N3O3. The molecule has 0 bridgehead atoms. The molecule has 1 aliphatic heterocycles. The van der Waals surface area contributed by atoms with Crippen LogP contribution in [0.5, 0.6) is 11.6 Å². The summed E-state index contributed by atoms with van der Waals surface area (Å²) >= 11 is 0. The Hall–Kier alpha value is -2.60. The lowest BCUT2D eigenvalue weighted by Crippen LogP contribution is -2.35. The molecule has 0 spiro atoms. The summed E-state index contributed by atoms with van der Waals surface area (Å²) in [5, 5.41) is 2.83. The van der Waals surface area contributed by atoms with Crippen molar-refractivity contribution >= 4 is 11.6 Å². The number of ether oxygens (including phenoxy) is 2. The summed E-state index contributed by atoms with van der Waals surface area (Å²) in [7, 11) is 3.71. The van der Waals surface area contributed by atoms with Crippen molar-refractivity contribution in [1.29, 1.82) is 0 Å². The number of benzene rings is 1. The number of hydrogen-bond donors (Lipinski definition) is 1. The van der Waals surface area contributed by atoms with Crippen LogP contribution in [-0.2, 0) is 0 Å². The molecule has 0 unspecified atom stereocenters. The van der Waals surface area contributed by atoms with E-state index >= 15 is 0 Å². The average Bonchev–Trinajstić information content (AvgIpc) is 2.65. The molecule has 1 aromatic carbocycles. The molecule has 1 fully saturated rings. The van der Waals surface area contributed by atoms with Crippen molar-refractivity contribution in [2.24, 2.45) is 0 Å². The molecule has 2 aromatic rings. The molecule has 3 rings (SSSR count). The van der Waals surface area contributed by atoms with Crippen LogP contribution < -0.4 is 14.8 Å². The van der Waals surface area contributed by atoms with Crippen LogP contribution in [0.15, 0.2) is 42.6 Å². The van der Waals surface area contributed by atoms with Gasteiger partial charge in [0.25, 0.3) is 5.91 Å². The zero-order chi connectivity index (χ0) is 17.6. The van der Waals surface area contributed by atoms with Gasteiger partial charge in [0.2, 0.25) is 5.88 Å². The minimum Gasteiger partial charge on any atom is -0.497 e. The SMILES string of the molecule is COc1ccc(C(=O)Nc2ccc(OC3CCN(C)CC3)nc2)cc1. The number of likely N-dealkylation sites (tertiary alicyclic amines) is 1. The number of carbonyl (C=O) groups excluding carboxylic acids is 1. The molecular weight excluding hydrogens is 318 g/mol. The predicted octanol–water partition coefficient (Wildman–Crippen LogP) is 2.82. The van der Waals surface area contributed by atoms with Gasteiger partial charge in [0.1, 0.15) is 11.9 Å². The molecule has 1 saturated heterocycles. The second-order valence-electron chi connectivity index (χ2n) is 6.19. The lowest BCUT2D eigenvalue weighted by atomic mass is 10.1. The molecule has 0 atom stereocenters. The maximum absolute atomic E-state index is 12.2. The van der Waals surface area contributed by atoms with Crippen molar-refractivity contribution < 1.29 is 14.3 Å². The number of hydrogen-bond acceptors (Lipinski definition) is 5. The Morgan fingerprint density at radius 1 is 1.16 bits per heavy atom. The van der Waals surface area contributed by atoms with Crippen molar-refractivity contribution in [3.05, 3.63) is 48.2 Å². The van der Waals surface area contributed by atoms with Gasteiger partial charge >= 0.3 is 0 Å². The standard InChI is InChI=1S/C19H23N3O3/c1-22-11-9-17(10-12-22)25-18-8-5-15(13-20-18)21-19(23)14-3-6-16(24-2)7-4-14/h3-8,13,17H,9-12H2,1-2H3,(H,21,23). The lowest BCUT2D eigenvalue weighted by Gasteiger charge is -2.28. The third-order valence-corrected chi connectivity index (χ3v) is 4.30. The van der Waals surface area contributed by atoms with Crippen LogP contribution in [0.3, 0.4) is 0 Å². The number of methoxy groups -OCH3 is 1. The number of piperidine rings is 1. The highest BCUT2D eigenvalue weighted by Gasteiger charge is 2.18. The summed E-state index contributed by atoms with van der Waals surface area (Å²) in [6, 6.07) is 10.6. The summed E-state index contributed by atoms with van der Waals surface area (Å²) in [4.78, 5) is 18.8. The second-order valence-corrected chi connectivity index (χ2v) is 6.19. The van der Waals surface area contributed by atoms with Gasteiger partial charge in [-0.15, -0.1) is 0 Å². The zero-order valence-corrected chi connectivity index (χ0v) is 14.6. The molecule has 132 valence electrons. The first-order valence-corrected chi connectivity index (χ1v) is 8.41. The summed E-state index contributed by atoms with van der Waals surface area (Å²) < 4.78 is 11.0. The van der Waals surface area contributed by atoms with E-state index in [1.807, 2.05) is 0 Å². The normalized spacial score (nSPS) is 15.6. The van der Waals surface area contributed by atoms with E-state index in [1.165, 1.54) is 0 Å². The summed E-state index contributed by atoms with van der Waals surface area (Å²) in [5.74, 6) is 1.12. The van der Waals surface area contributed by atoms with Gasteiger partial charge in [-0.1, -0.05) is 0 Å². The molecule has 2 heterocycles. The van der Waals surface area contributed by atoms with Crippen LogP contribution >= 0.6 is 0 Å². The second kappa shape index (κ2) is 7.98. The third-order valence-electron chi connectivity index (χ3n) is 4.30. The number of nitrogens with one attached hydrogen (secondary N) is 1. The van der Waals surface area contributed by atoms with Gasteiger partial charge in [0, 0.05) is 24.7 Å². The van der Waals surface area contributed by atoms with Crippen molar-refractivity contribution in [3.8, 4) is 11.6 Å². The molecule has 0 saturated carbocycles. The predicted molar refractivity (Wildman–Crippen MR) is 96.3 cm³/mol. The van der Waals surface area contributed by atoms with Crippen molar-refractivity contribution in [2.75, 3.05) is 32.6 Å². The Bertz CT molecular complexity index is 693. The highest BCUT2D eigenvalue weighted by molar-refractivity contribution is 6.04. The first kappa shape index (κ1) is 17.2. The van der Waals surface area contributed by atoms with E-state index in [-0.39, 0.29) is 12.0 Å². The fraction of sp³-hybridized carbons (Fsp3) is 0.368. The largest absolute Gasteiger partial charge is 0.497 e. The Morgan fingerprint density at radius 3 is 2.48 bits per heavy atom. The molecule has 1 aliphatic rings. The van der Waals surface area contributed by atoms with E-state index in [9.17, 15) is 4.79 Å². The molecule has 25 heavy (non-hydrogen) atoms. The van der Waals surface area contributed by atoms with Crippen LogP contribution in [0.25, 0.3) is 0 Å². The summed E-state index contributed by atoms with van der Waals surface area (Å²) in [6.07, 6.45) is 3.84. The van der Waals surface area contributed by atoms with Gasteiger partial charge < -0.3 is 19.7 Å². The number of rotatable bonds is 5. The van der Waals surface area contributed by atoms with Crippen molar-refractivity contribution in [3.63, 3.8) is 0 Å². The number of aromatic nitrogens is 1. The van der Waals surface area contributed by atoms with Gasteiger partial charge in [-0.05, 0) is 50.2 Å². The highest BCUT2D eigenvalue weighted by Crippen LogP contribution is 2.19. The van der Waals surface area contributed by atoms with Gasteiger partial charge in [0.05, 0.1) is 19.0 Å². The molecule has 1 N–H and O–H groups in total. The van der Waals surface area contributed by atoms with Gasteiger partial charge in [-0.3, -0.25) is 4.79 Å². The third kappa shape index (κ3) is 4.70. The Balaban J connectivity index is 1.55. The first-order chi connectivity index (χ1) is 12.1. The Kier molecular flexibility index (Phi) is 5.50. The summed E-state index contributed by atoms with van der Waals surface area (Å²) in [5.41, 5.74) is 1.20. The fourth-order valence-corrected chi connectivity index (χ4v) is 2.74. The van der Waals surface area contributed by atoms with Crippen LogP contribution in [0.2, 0.25) is 0 Å². The van der Waals surface area contributed by atoms with E-state index in [4.69, 9.17) is 9.47 Å². The van der Waals surface area contributed by atoms with Gasteiger partial charge in [0.15, 0.2) is 0 Å². The number of carbonyl (C=O) groups is 1. The minimum absolute atomic E-state index is 0.187. The lowest BCUT2D eigenvalue weighted by molar-refractivity contribution is 0.102. The first-order valence-electron chi connectivity index (χ1n) is 8.41.